The molecule has 0 aliphatic carbocycles. The van der Waals surface area contributed by atoms with Crippen LogP contribution in [0.15, 0.2) is 12.1 Å². The van der Waals surface area contributed by atoms with Gasteiger partial charge in [-0.3, -0.25) is 4.79 Å². The van der Waals surface area contributed by atoms with Crippen LogP contribution in [0.1, 0.15) is 23.6 Å². The molecule has 0 saturated heterocycles. The predicted octanol–water partition coefficient (Wildman–Crippen LogP) is 3.46. The van der Waals surface area contributed by atoms with Gasteiger partial charge in [-0.1, -0.05) is 22.0 Å². The van der Waals surface area contributed by atoms with Crippen molar-refractivity contribution in [3.8, 4) is 11.8 Å². The molecule has 8 heteroatoms. The summed E-state index contributed by atoms with van der Waals surface area (Å²) in [6.45, 7) is 1.75. The molecule has 0 unspecified atom stereocenters. The van der Waals surface area contributed by atoms with E-state index in [2.05, 4.69) is 20.7 Å². The summed E-state index contributed by atoms with van der Waals surface area (Å²) in [6.07, 6.45) is -5.22. The molecule has 0 amide bonds. The van der Waals surface area contributed by atoms with Gasteiger partial charge in [-0.05, 0) is 24.1 Å². The van der Waals surface area contributed by atoms with Gasteiger partial charge in [-0.25, -0.2) is 0 Å². The van der Waals surface area contributed by atoms with E-state index in [1.54, 1.807) is 13.0 Å². The Balaban J connectivity index is 3.25. The van der Waals surface area contributed by atoms with Gasteiger partial charge in [0, 0.05) is 5.33 Å². The zero-order valence-electron chi connectivity index (χ0n) is 11.0. The van der Waals surface area contributed by atoms with Gasteiger partial charge in [0.15, 0.2) is 0 Å². The van der Waals surface area contributed by atoms with E-state index in [1.807, 2.05) is 0 Å². The fourth-order valence-corrected chi connectivity index (χ4v) is 1.98. The molecule has 0 fully saturated rings. The van der Waals surface area contributed by atoms with Crippen molar-refractivity contribution >= 4 is 21.9 Å². The molecule has 1 rings (SSSR count). The number of alkyl halides is 4. The second-order valence-corrected chi connectivity index (χ2v) is 4.46. The summed E-state index contributed by atoms with van der Waals surface area (Å²) in [7, 11) is 0. The second kappa shape index (κ2) is 7.31. The van der Waals surface area contributed by atoms with Crippen molar-refractivity contribution in [2.45, 2.75) is 25.0 Å². The van der Waals surface area contributed by atoms with E-state index in [1.165, 1.54) is 6.07 Å². The van der Waals surface area contributed by atoms with E-state index >= 15 is 0 Å². The highest BCUT2D eigenvalue weighted by Crippen LogP contribution is 2.31. The van der Waals surface area contributed by atoms with E-state index in [4.69, 9.17) is 10.00 Å². The molecular weight excluding hydrogens is 355 g/mol. The summed E-state index contributed by atoms with van der Waals surface area (Å²) in [5.74, 6) is -1.25. The third-order valence-corrected chi connectivity index (χ3v) is 3.02. The zero-order chi connectivity index (χ0) is 16.0. The lowest BCUT2D eigenvalue weighted by Gasteiger charge is -2.14. The molecule has 114 valence electrons. The van der Waals surface area contributed by atoms with E-state index in [0.717, 1.165) is 6.07 Å². The third kappa shape index (κ3) is 5.27. The number of carbonyl (C=O) groups is 1. The maximum Gasteiger partial charge on any atom is 0.573 e. The number of rotatable bonds is 5. The van der Waals surface area contributed by atoms with Gasteiger partial charge < -0.3 is 9.47 Å². The maximum absolute atomic E-state index is 12.4. The Morgan fingerprint density at radius 2 is 2.10 bits per heavy atom. The van der Waals surface area contributed by atoms with Crippen LogP contribution in [0.2, 0.25) is 0 Å². The minimum Gasteiger partial charge on any atom is -0.466 e. The fraction of sp³-hybridized carbons (Fsp3) is 0.385. The summed E-state index contributed by atoms with van der Waals surface area (Å²) in [4.78, 5) is 11.5. The van der Waals surface area contributed by atoms with E-state index in [-0.39, 0.29) is 29.5 Å². The van der Waals surface area contributed by atoms with Gasteiger partial charge in [0.2, 0.25) is 0 Å². The van der Waals surface area contributed by atoms with E-state index in [9.17, 15) is 18.0 Å². The molecule has 4 nitrogen and oxygen atoms in total. The molecule has 0 heterocycles. The van der Waals surface area contributed by atoms with Crippen LogP contribution >= 0.6 is 15.9 Å². The number of hydrogen-bond donors (Lipinski definition) is 0. The van der Waals surface area contributed by atoms with Crippen molar-refractivity contribution in [2.75, 3.05) is 6.61 Å². The Labute approximate surface area is 127 Å². The molecule has 0 aliphatic heterocycles. The predicted molar refractivity (Wildman–Crippen MR) is 70.8 cm³/mol. The Morgan fingerprint density at radius 3 is 2.57 bits per heavy atom. The number of nitrogens with zero attached hydrogens (tertiary/aromatic N) is 1. The molecule has 0 atom stereocenters. The summed E-state index contributed by atoms with van der Waals surface area (Å²) in [6, 6.07) is 4.21. The molecule has 0 aromatic heterocycles. The highest BCUT2D eigenvalue weighted by molar-refractivity contribution is 9.08. The van der Waals surface area contributed by atoms with Crippen LogP contribution in [0.25, 0.3) is 0 Å². The largest absolute Gasteiger partial charge is 0.573 e. The van der Waals surface area contributed by atoms with E-state index < -0.39 is 18.1 Å². The summed E-state index contributed by atoms with van der Waals surface area (Å²) < 4.78 is 45.7. The van der Waals surface area contributed by atoms with Gasteiger partial charge in [-0.2, -0.15) is 5.26 Å². The van der Waals surface area contributed by atoms with Crippen LogP contribution in [0, 0.1) is 11.3 Å². The maximum atomic E-state index is 12.4. The van der Waals surface area contributed by atoms with Gasteiger partial charge >= 0.3 is 12.3 Å². The van der Waals surface area contributed by atoms with Crippen molar-refractivity contribution in [3.63, 3.8) is 0 Å². The van der Waals surface area contributed by atoms with Crippen LogP contribution in [0.5, 0.6) is 5.75 Å². The Kier molecular flexibility index (Phi) is 6.03. The minimum atomic E-state index is -4.92. The lowest BCUT2D eigenvalue weighted by atomic mass is 10.0. The van der Waals surface area contributed by atoms with Crippen molar-refractivity contribution in [3.05, 3.63) is 28.8 Å². The Hall–Kier alpha value is -1.75. The molecule has 1 aromatic rings. The first-order chi connectivity index (χ1) is 9.80. The normalized spacial score (nSPS) is 10.9. The van der Waals surface area contributed by atoms with Crippen molar-refractivity contribution in [2.24, 2.45) is 0 Å². The van der Waals surface area contributed by atoms with Crippen LogP contribution < -0.4 is 4.74 Å². The molecule has 0 bridgehead atoms. The lowest BCUT2D eigenvalue weighted by molar-refractivity contribution is -0.274. The average Bonchev–Trinajstić information content (AvgIpc) is 2.36. The van der Waals surface area contributed by atoms with Crippen molar-refractivity contribution < 1.29 is 27.4 Å². The second-order valence-electron chi connectivity index (χ2n) is 3.90. The standard InChI is InChI=1S/C13H11BrF3NO3/c1-2-20-12(19)5-9-3-8(6-14)4-11(10(9)7-18)21-13(15,16)17/h3-4H,2,5-6H2,1H3. The van der Waals surface area contributed by atoms with Gasteiger partial charge in [0.25, 0.3) is 0 Å². The van der Waals surface area contributed by atoms with Crippen LogP contribution in [0.3, 0.4) is 0 Å². The van der Waals surface area contributed by atoms with E-state index in [0.29, 0.717) is 5.56 Å². The first-order valence-electron chi connectivity index (χ1n) is 5.84. The van der Waals surface area contributed by atoms with Gasteiger partial charge in [0.05, 0.1) is 18.6 Å². The smallest absolute Gasteiger partial charge is 0.466 e. The summed E-state index contributed by atoms with van der Waals surface area (Å²) in [5, 5.41) is 9.29. The zero-order valence-corrected chi connectivity index (χ0v) is 12.5. The highest BCUT2D eigenvalue weighted by Gasteiger charge is 2.33. The Bertz CT molecular complexity index is 567. The minimum absolute atomic E-state index is 0.132. The summed E-state index contributed by atoms with van der Waals surface area (Å²) in [5.41, 5.74) is 0.254. The number of ether oxygens (including phenoxy) is 2. The number of carbonyl (C=O) groups excluding carboxylic acids is 1. The molecule has 21 heavy (non-hydrogen) atoms. The first-order valence-corrected chi connectivity index (χ1v) is 6.96. The van der Waals surface area contributed by atoms with Crippen molar-refractivity contribution in [1.29, 1.82) is 5.26 Å². The molecule has 0 radical (unpaired) electrons. The molecule has 1 aromatic carbocycles. The molecule has 0 aliphatic rings. The number of hydrogen-bond acceptors (Lipinski definition) is 4. The van der Waals surface area contributed by atoms with Crippen LogP contribution in [-0.2, 0) is 21.3 Å². The monoisotopic (exact) mass is 365 g/mol. The number of nitriles is 1. The molecule has 0 spiro atoms. The van der Waals surface area contributed by atoms with Crippen LogP contribution in [0.4, 0.5) is 13.2 Å². The average molecular weight is 366 g/mol. The first kappa shape index (κ1) is 17.3. The SMILES string of the molecule is CCOC(=O)Cc1cc(CBr)cc(OC(F)(F)F)c1C#N. The lowest BCUT2D eigenvalue weighted by Crippen LogP contribution is -2.19. The molecular formula is C13H11BrF3NO3. The third-order valence-electron chi connectivity index (χ3n) is 2.38. The highest BCUT2D eigenvalue weighted by atomic mass is 79.9. The quantitative estimate of drug-likeness (QED) is 0.592. The number of halogens is 4. The van der Waals surface area contributed by atoms with Gasteiger partial charge in [-0.15, -0.1) is 13.2 Å². The number of benzene rings is 1. The van der Waals surface area contributed by atoms with Gasteiger partial charge in [0.1, 0.15) is 11.8 Å². The van der Waals surface area contributed by atoms with Crippen molar-refractivity contribution in [1.82, 2.24) is 0 Å². The fourth-order valence-electron chi connectivity index (χ4n) is 1.65. The summed E-state index contributed by atoms with van der Waals surface area (Å²) >= 11 is 3.11. The number of esters is 1. The topological polar surface area (TPSA) is 59.3 Å². The Morgan fingerprint density at radius 1 is 1.43 bits per heavy atom. The molecule has 0 N–H and O–H groups in total. The molecule has 0 saturated carbocycles. The van der Waals surface area contributed by atoms with Crippen LogP contribution in [-0.4, -0.2) is 18.9 Å².